The van der Waals surface area contributed by atoms with Crippen LogP contribution in [0.4, 0.5) is 0 Å². The fourth-order valence-electron chi connectivity index (χ4n) is 2.93. The molecule has 0 saturated heterocycles. The molecule has 1 unspecified atom stereocenters. The predicted octanol–water partition coefficient (Wildman–Crippen LogP) is 6.89. The summed E-state index contributed by atoms with van der Waals surface area (Å²) in [5.41, 5.74) is 0.980. The quantitative estimate of drug-likeness (QED) is 0.104. The van der Waals surface area contributed by atoms with Gasteiger partial charge in [-0.2, -0.15) is 0 Å². The maximum absolute atomic E-state index is 11.1. The normalized spacial score (nSPS) is 17.5. The third-order valence-corrected chi connectivity index (χ3v) is 13.8. The molecule has 0 spiro atoms. The standard InChI is InChI=1S/C25H56O5Si3/c1-20(21(2)22(3)30-32(10,11)12)17-23(26)24(18-29-33(13,14)25(4,5)6)28-19-27-15-16-31(7,8)9/h21-24,26H,1,15-19H2,2-14H3/t21-,22-,23?,24-/m1/s1. The smallest absolute Gasteiger partial charge is 0.192 e. The first-order valence-corrected chi connectivity index (χ1v) is 22.6. The van der Waals surface area contributed by atoms with Crippen molar-refractivity contribution in [2.24, 2.45) is 5.92 Å². The molecule has 0 radical (unpaired) electrons. The molecule has 0 amide bonds. The van der Waals surface area contributed by atoms with Gasteiger partial charge in [-0.15, -0.1) is 0 Å². The van der Waals surface area contributed by atoms with Crippen molar-refractivity contribution in [1.82, 2.24) is 0 Å². The van der Waals surface area contributed by atoms with Gasteiger partial charge in [0, 0.05) is 26.7 Å². The summed E-state index contributed by atoms with van der Waals surface area (Å²) < 4.78 is 24.4. The van der Waals surface area contributed by atoms with E-state index in [4.69, 9.17) is 18.3 Å². The molecule has 1 N–H and O–H groups in total. The van der Waals surface area contributed by atoms with E-state index >= 15 is 0 Å². The topological polar surface area (TPSA) is 57.2 Å². The molecule has 0 aromatic heterocycles. The molecule has 0 aromatic rings. The lowest BCUT2D eigenvalue weighted by Gasteiger charge is -2.38. The highest BCUT2D eigenvalue weighted by molar-refractivity contribution is 6.76. The van der Waals surface area contributed by atoms with Gasteiger partial charge in [-0.3, -0.25) is 0 Å². The van der Waals surface area contributed by atoms with Crippen LogP contribution in [-0.2, 0) is 18.3 Å². The SMILES string of the molecule is C=C(CC(O)[C@@H](CO[Si](C)(C)C(C)(C)C)OCOCC[Si](C)(C)C)[C@@H](C)[C@@H](C)O[Si](C)(C)C. The van der Waals surface area contributed by atoms with Gasteiger partial charge in [0.05, 0.1) is 12.7 Å². The molecule has 0 bridgehead atoms. The van der Waals surface area contributed by atoms with Gasteiger partial charge in [0.2, 0.25) is 0 Å². The van der Waals surface area contributed by atoms with Crippen LogP contribution in [0.2, 0.25) is 63.5 Å². The van der Waals surface area contributed by atoms with Crippen molar-refractivity contribution in [3.8, 4) is 0 Å². The van der Waals surface area contributed by atoms with Gasteiger partial charge >= 0.3 is 0 Å². The highest BCUT2D eigenvalue weighted by atomic mass is 28.4. The van der Waals surface area contributed by atoms with E-state index in [-0.39, 0.29) is 23.9 Å². The van der Waals surface area contributed by atoms with Gasteiger partial charge in [-0.05, 0) is 57.2 Å². The Labute approximate surface area is 208 Å². The van der Waals surface area contributed by atoms with Crippen LogP contribution in [0.15, 0.2) is 12.2 Å². The molecule has 0 aromatic carbocycles. The lowest BCUT2D eigenvalue weighted by molar-refractivity contribution is -0.133. The van der Waals surface area contributed by atoms with Gasteiger partial charge in [0.25, 0.3) is 0 Å². The van der Waals surface area contributed by atoms with E-state index in [0.717, 1.165) is 11.6 Å². The van der Waals surface area contributed by atoms with E-state index in [0.29, 0.717) is 19.6 Å². The van der Waals surface area contributed by atoms with Crippen molar-refractivity contribution >= 4 is 24.7 Å². The molecule has 0 fully saturated rings. The van der Waals surface area contributed by atoms with Gasteiger partial charge in [-0.25, -0.2) is 0 Å². The largest absolute Gasteiger partial charge is 0.414 e. The fourth-order valence-corrected chi connectivity index (χ4v) is 6.02. The zero-order valence-corrected chi connectivity index (χ0v) is 27.1. The van der Waals surface area contributed by atoms with E-state index in [2.05, 4.69) is 93.6 Å². The van der Waals surface area contributed by atoms with Crippen LogP contribution in [0.5, 0.6) is 0 Å². The summed E-state index contributed by atoms with van der Waals surface area (Å²) in [6.45, 7) is 34.4. The summed E-state index contributed by atoms with van der Waals surface area (Å²) in [4.78, 5) is 0. The molecule has 198 valence electrons. The average molecular weight is 521 g/mol. The molecule has 0 saturated carbocycles. The zero-order chi connectivity index (χ0) is 26.3. The first-order chi connectivity index (χ1) is 14.7. The van der Waals surface area contributed by atoms with E-state index in [1.165, 1.54) is 0 Å². The van der Waals surface area contributed by atoms with E-state index < -0.39 is 36.9 Å². The molecule has 0 aliphatic carbocycles. The summed E-state index contributed by atoms with van der Waals surface area (Å²) in [5, 5.41) is 11.2. The number of ether oxygens (including phenoxy) is 2. The molecule has 4 atom stereocenters. The molecular formula is C25H56O5Si3. The van der Waals surface area contributed by atoms with Crippen LogP contribution < -0.4 is 0 Å². The number of hydrogen-bond donors (Lipinski definition) is 1. The van der Waals surface area contributed by atoms with Crippen molar-refractivity contribution in [2.75, 3.05) is 20.0 Å². The molecule has 0 aliphatic heterocycles. The lowest BCUT2D eigenvalue weighted by atomic mass is 9.92. The monoisotopic (exact) mass is 520 g/mol. The van der Waals surface area contributed by atoms with E-state index in [9.17, 15) is 5.11 Å². The highest BCUT2D eigenvalue weighted by Crippen LogP contribution is 2.37. The number of rotatable bonds is 16. The Morgan fingerprint density at radius 3 is 1.97 bits per heavy atom. The van der Waals surface area contributed by atoms with Crippen LogP contribution in [0.3, 0.4) is 0 Å². The summed E-state index contributed by atoms with van der Waals surface area (Å²) in [7, 11) is -4.75. The summed E-state index contributed by atoms with van der Waals surface area (Å²) in [6.07, 6.45) is -0.627. The van der Waals surface area contributed by atoms with Gasteiger partial charge in [-0.1, -0.05) is 59.5 Å². The molecule has 0 heterocycles. The predicted molar refractivity (Wildman–Crippen MR) is 150 cm³/mol. The van der Waals surface area contributed by atoms with Crippen LogP contribution in [0, 0.1) is 5.92 Å². The Kier molecular flexibility index (Phi) is 13.6. The van der Waals surface area contributed by atoms with Crippen molar-refractivity contribution in [2.45, 2.75) is 123 Å². The van der Waals surface area contributed by atoms with E-state index in [1.54, 1.807) is 0 Å². The minimum absolute atomic E-state index is 0.0733. The first kappa shape index (κ1) is 33.2. The Morgan fingerprint density at radius 1 is 0.970 bits per heavy atom. The number of aliphatic hydroxyl groups excluding tert-OH is 1. The van der Waals surface area contributed by atoms with Crippen LogP contribution in [-0.4, -0.2) is 68.1 Å². The third kappa shape index (κ3) is 14.4. The second kappa shape index (κ2) is 13.5. The van der Waals surface area contributed by atoms with Crippen molar-refractivity contribution in [3.05, 3.63) is 12.2 Å². The van der Waals surface area contributed by atoms with Gasteiger partial charge in [0.15, 0.2) is 16.6 Å². The van der Waals surface area contributed by atoms with Crippen molar-refractivity contribution in [1.29, 1.82) is 0 Å². The Morgan fingerprint density at radius 2 is 1.52 bits per heavy atom. The Hall–Kier alpha value is 0.191. The molecule has 0 aliphatic rings. The molecule has 5 nitrogen and oxygen atoms in total. The molecule has 0 rings (SSSR count). The first-order valence-electron chi connectivity index (χ1n) is 12.5. The molecule has 33 heavy (non-hydrogen) atoms. The van der Waals surface area contributed by atoms with Gasteiger partial charge in [0.1, 0.15) is 12.9 Å². The number of aliphatic hydroxyl groups is 1. The van der Waals surface area contributed by atoms with Crippen LogP contribution in [0.25, 0.3) is 0 Å². The van der Waals surface area contributed by atoms with E-state index in [1.807, 2.05) is 0 Å². The molecular weight excluding hydrogens is 465 g/mol. The maximum atomic E-state index is 11.1. The summed E-state index contributed by atoms with van der Waals surface area (Å²) >= 11 is 0. The molecule has 8 heteroatoms. The third-order valence-electron chi connectivity index (χ3n) is 6.56. The average Bonchev–Trinajstić information content (AvgIpc) is 2.59. The second-order valence-corrected chi connectivity index (χ2v) is 28.2. The van der Waals surface area contributed by atoms with Crippen molar-refractivity contribution < 1.29 is 23.4 Å². The minimum atomic E-state index is -1.96. The Bertz CT molecular complexity index is 576. The Balaban J connectivity index is 5.10. The minimum Gasteiger partial charge on any atom is -0.414 e. The summed E-state index contributed by atoms with van der Waals surface area (Å²) in [5.74, 6) is 0.154. The van der Waals surface area contributed by atoms with Gasteiger partial charge < -0.3 is 23.4 Å². The van der Waals surface area contributed by atoms with Crippen molar-refractivity contribution in [3.63, 3.8) is 0 Å². The lowest BCUT2D eigenvalue weighted by Crippen LogP contribution is -2.45. The fraction of sp³-hybridized carbons (Fsp3) is 0.920. The van der Waals surface area contributed by atoms with Crippen LogP contribution >= 0.6 is 0 Å². The summed E-state index contributed by atoms with van der Waals surface area (Å²) in [6, 6.07) is 1.09. The van der Waals surface area contributed by atoms with Crippen LogP contribution in [0.1, 0.15) is 41.0 Å². The maximum Gasteiger partial charge on any atom is 0.192 e. The zero-order valence-electron chi connectivity index (χ0n) is 24.1. The second-order valence-electron chi connectivity index (χ2n) is 13.3. The highest BCUT2D eigenvalue weighted by Gasteiger charge is 2.38. The number of hydrogen-bond acceptors (Lipinski definition) is 5.